The third-order valence-corrected chi connectivity index (χ3v) is 3.11. The minimum absolute atomic E-state index is 0.0395. The molecule has 1 aromatic carbocycles. The van der Waals surface area contributed by atoms with E-state index in [1.54, 1.807) is 16.0 Å². The first kappa shape index (κ1) is 11.5. The van der Waals surface area contributed by atoms with E-state index in [-0.39, 0.29) is 5.69 Å². The van der Waals surface area contributed by atoms with Gasteiger partial charge >= 0.3 is 5.97 Å². The molecule has 96 valence electrons. The van der Waals surface area contributed by atoms with Gasteiger partial charge in [0.2, 0.25) is 5.78 Å². The number of aryl methyl sites for hydroxylation is 2. The van der Waals surface area contributed by atoms with Crippen molar-refractivity contribution in [3.05, 3.63) is 41.7 Å². The maximum absolute atomic E-state index is 11.0. The second-order valence-electron chi connectivity index (χ2n) is 4.31. The van der Waals surface area contributed by atoms with Crippen LogP contribution < -0.4 is 0 Å². The molecule has 0 aliphatic heterocycles. The van der Waals surface area contributed by atoms with Crippen LogP contribution >= 0.6 is 0 Å². The van der Waals surface area contributed by atoms with Gasteiger partial charge in [0.05, 0.1) is 5.69 Å². The number of carboxylic acids is 1. The molecular formula is C13H12N4O2. The quantitative estimate of drug-likeness (QED) is 0.758. The lowest BCUT2D eigenvalue weighted by Crippen LogP contribution is -2.01. The van der Waals surface area contributed by atoms with E-state index in [1.807, 2.05) is 37.4 Å². The number of nitrogens with zero attached hydrogens (tertiary/aromatic N) is 4. The lowest BCUT2D eigenvalue weighted by Gasteiger charge is -1.99. The summed E-state index contributed by atoms with van der Waals surface area (Å²) in [5.41, 5.74) is 1.53. The van der Waals surface area contributed by atoms with Crippen molar-refractivity contribution in [1.82, 2.24) is 19.2 Å². The second kappa shape index (κ2) is 3.94. The van der Waals surface area contributed by atoms with E-state index in [0.29, 0.717) is 11.5 Å². The first-order valence-electron chi connectivity index (χ1n) is 5.80. The highest BCUT2D eigenvalue weighted by Crippen LogP contribution is 2.20. The van der Waals surface area contributed by atoms with Gasteiger partial charge in [0.15, 0.2) is 11.5 Å². The van der Waals surface area contributed by atoms with Crippen molar-refractivity contribution in [3.63, 3.8) is 0 Å². The summed E-state index contributed by atoms with van der Waals surface area (Å²) in [6, 6.07) is 9.71. The Kier molecular flexibility index (Phi) is 2.38. The molecule has 1 N–H and O–H groups in total. The fourth-order valence-corrected chi connectivity index (χ4v) is 2.11. The Balaban J connectivity index is 2.26. The van der Waals surface area contributed by atoms with Crippen molar-refractivity contribution in [2.24, 2.45) is 7.05 Å². The first-order chi connectivity index (χ1) is 9.09. The smallest absolute Gasteiger partial charge is 0.356 e. The van der Waals surface area contributed by atoms with Gasteiger partial charge in [0.25, 0.3) is 0 Å². The Labute approximate surface area is 108 Å². The van der Waals surface area contributed by atoms with Crippen LogP contribution in [0.1, 0.15) is 16.2 Å². The minimum atomic E-state index is -1.04. The third kappa shape index (κ3) is 1.61. The summed E-state index contributed by atoms with van der Waals surface area (Å²) in [4.78, 5) is 15.2. The van der Waals surface area contributed by atoms with Crippen molar-refractivity contribution in [1.29, 1.82) is 0 Å². The van der Waals surface area contributed by atoms with E-state index in [9.17, 15) is 4.79 Å². The summed E-state index contributed by atoms with van der Waals surface area (Å²) < 4.78 is 3.35. The third-order valence-electron chi connectivity index (χ3n) is 3.11. The first-order valence-corrected chi connectivity index (χ1v) is 5.80. The average molecular weight is 256 g/mol. The zero-order valence-electron chi connectivity index (χ0n) is 10.5. The molecule has 2 aromatic heterocycles. The van der Waals surface area contributed by atoms with Crippen LogP contribution in [0.25, 0.3) is 17.2 Å². The Morgan fingerprint density at radius 3 is 2.53 bits per heavy atom. The molecule has 19 heavy (non-hydrogen) atoms. The Bertz CT molecular complexity index is 771. The van der Waals surface area contributed by atoms with Crippen molar-refractivity contribution in [3.8, 4) is 11.4 Å². The Hall–Kier alpha value is -2.63. The van der Waals surface area contributed by atoms with Crippen LogP contribution in [0.5, 0.6) is 0 Å². The second-order valence-corrected chi connectivity index (χ2v) is 4.31. The Morgan fingerprint density at radius 2 is 1.95 bits per heavy atom. The fraction of sp³-hybridized carbons (Fsp3) is 0.154. The van der Waals surface area contributed by atoms with Gasteiger partial charge in [-0.2, -0.15) is 0 Å². The van der Waals surface area contributed by atoms with Crippen LogP contribution in [-0.2, 0) is 7.05 Å². The highest BCUT2D eigenvalue weighted by atomic mass is 16.4. The van der Waals surface area contributed by atoms with Gasteiger partial charge in [-0.05, 0) is 6.92 Å². The maximum atomic E-state index is 11.0. The van der Waals surface area contributed by atoms with Crippen molar-refractivity contribution in [2.45, 2.75) is 6.92 Å². The van der Waals surface area contributed by atoms with Crippen LogP contribution in [0.2, 0.25) is 0 Å². The number of benzene rings is 1. The molecule has 0 aliphatic rings. The molecule has 0 saturated heterocycles. The van der Waals surface area contributed by atoms with Crippen LogP contribution in [0.4, 0.5) is 0 Å². The van der Waals surface area contributed by atoms with E-state index >= 15 is 0 Å². The molecule has 3 rings (SSSR count). The largest absolute Gasteiger partial charge is 0.476 e. The highest BCUT2D eigenvalue weighted by molar-refractivity contribution is 5.87. The van der Waals surface area contributed by atoms with Gasteiger partial charge in [-0.15, -0.1) is 5.10 Å². The average Bonchev–Trinajstić information content (AvgIpc) is 2.90. The van der Waals surface area contributed by atoms with E-state index in [1.165, 1.54) is 0 Å². The molecule has 0 unspecified atom stereocenters. The number of aromatic carboxylic acids is 1. The molecule has 6 heteroatoms. The number of fused-ring (bicyclic) bond motifs is 1. The van der Waals surface area contributed by atoms with Crippen molar-refractivity contribution in [2.75, 3.05) is 0 Å². The molecule has 0 amide bonds. The SMILES string of the molecule is Cc1c(C(=O)O)nc2n(C)c(-c3ccccc3)nn12. The summed E-state index contributed by atoms with van der Waals surface area (Å²) in [6.45, 7) is 1.70. The molecule has 0 atom stereocenters. The molecule has 0 aliphatic carbocycles. The predicted octanol–water partition coefficient (Wildman–Crippen LogP) is 1.74. The number of imidazole rings is 1. The van der Waals surface area contributed by atoms with Gasteiger partial charge in [0, 0.05) is 12.6 Å². The highest BCUT2D eigenvalue weighted by Gasteiger charge is 2.20. The van der Waals surface area contributed by atoms with E-state index in [0.717, 1.165) is 11.4 Å². The van der Waals surface area contributed by atoms with Crippen LogP contribution in [0.15, 0.2) is 30.3 Å². The number of aromatic nitrogens is 4. The summed E-state index contributed by atoms with van der Waals surface area (Å²) >= 11 is 0. The number of rotatable bonds is 2. The van der Waals surface area contributed by atoms with Gasteiger partial charge in [0.1, 0.15) is 0 Å². The van der Waals surface area contributed by atoms with Gasteiger partial charge in [-0.1, -0.05) is 30.3 Å². The number of hydrogen-bond acceptors (Lipinski definition) is 3. The predicted molar refractivity (Wildman–Crippen MR) is 69.1 cm³/mol. The Morgan fingerprint density at radius 1 is 1.26 bits per heavy atom. The van der Waals surface area contributed by atoms with Gasteiger partial charge in [-0.25, -0.2) is 14.3 Å². The number of hydrogen-bond donors (Lipinski definition) is 1. The fourth-order valence-electron chi connectivity index (χ4n) is 2.11. The van der Waals surface area contributed by atoms with Crippen LogP contribution in [0, 0.1) is 6.92 Å². The van der Waals surface area contributed by atoms with Crippen molar-refractivity contribution < 1.29 is 9.90 Å². The molecule has 0 fully saturated rings. The molecule has 2 heterocycles. The number of carboxylic acid groups (broad SMARTS) is 1. The topological polar surface area (TPSA) is 72.4 Å². The van der Waals surface area contributed by atoms with Crippen molar-refractivity contribution >= 4 is 11.7 Å². The summed E-state index contributed by atoms with van der Waals surface area (Å²) in [7, 11) is 1.82. The maximum Gasteiger partial charge on any atom is 0.356 e. The summed E-state index contributed by atoms with van der Waals surface area (Å²) in [5.74, 6) is 0.237. The zero-order valence-corrected chi connectivity index (χ0v) is 10.5. The van der Waals surface area contributed by atoms with Crippen LogP contribution in [0.3, 0.4) is 0 Å². The molecule has 3 aromatic rings. The zero-order chi connectivity index (χ0) is 13.6. The molecule has 6 nitrogen and oxygen atoms in total. The summed E-state index contributed by atoms with van der Waals surface area (Å²) in [6.07, 6.45) is 0. The van der Waals surface area contributed by atoms with E-state index in [4.69, 9.17) is 5.11 Å². The molecule has 0 saturated carbocycles. The van der Waals surface area contributed by atoms with E-state index < -0.39 is 5.97 Å². The van der Waals surface area contributed by atoms with Gasteiger partial charge < -0.3 is 5.11 Å². The van der Waals surface area contributed by atoms with Gasteiger partial charge in [-0.3, -0.25) is 4.57 Å². The molecule has 0 spiro atoms. The summed E-state index contributed by atoms with van der Waals surface area (Å²) in [5, 5.41) is 13.5. The van der Waals surface area contributed by atoms with E-state index in [2.05, 4.69) is 10.1 Å². The molecule has 0 bridgehead atoms. The monoisotopic (exact) mass is 256 g/mol. The minimum Gasteiger partial charge on any atom is -0.476 e. The molecular weight excluding hydrogens is 244 g/mol. The number of carbonyl (C=O) groups is 1. The lowest BCUT2D eigenvalue weighted by molar-refractivity contribution is 0.0690. The lowest BCUT2D eigenvalue weighted by atomic mass is 10.2. The normalized spacial score (nSPS) is 11.1. The molecule has 0 radical (unpaired) electrons. The standard InChI is InChI=1S/C13H12N4O2/c1-8-10(12(18)19)14-13-16(2)11(15-17(8)13)9-6-4-3-5-7-9/h3-7H,1-2H3,(H,18,19). The van der Waals surface area contributed by atoms with Crippen LogP contribution in [-0.4, -0.2) is 30.2 Å².